The molecule has 0 atom stereocenters. The molecule has 0 aliphatic heterocycles. The number of aromatic amines is 1. The maximum Gasteiger partial charge on any atom is 0.235 e. The Bertz CT molecular complexity index is 328. The molecule has 1 fully saturated rings. The van der Waals surface area contributed by atoms with Crippen LogP contribution >= 0.6 is 0 Å². The van der Waals surface area contributed by atoms with Crippen molar-refractivity contribution < 1.29 is 4.74 Å². The van der Waals surface area contributed by atoms with E-state index in [2.05, 4.69) is 10.2 Å². The van der Waals surface area contributed by atoms with E-state index in [4.69, 9.17) is 10.5 Å². The molecule has 4 heteroatoms. The molecular formula is C10H17N3O. The summed E-state index contributed by atoms with van der Waals surface area (Å²) < 4.78 is 5.17. The molecule has 1 saturated carbocycles. The van der Waals surface area contributed by atoms with E-state index in [1.54, 1.807) is 7.11 Å². The van der Waals surface area contributed by atoms with E-state index in [-0.39, 0.29) is 5.54 Å². The number of methoxy groups -OCH3 is 1. The maximum absolute atomic E-state index is 6.03. The molecule has 0 saturated heterocycles. The number of H-pyrrole nitrogens is 1. The Kier molecular flexibility index (Phi) is 2.23. The minimum Gasteiger partial charge on any atom is -0.480 e. The molecule has 4 nitrogen and oxygen atoms in total. The summed E-state index contributed by atoms with van der Waals surface area (Å²) in [6.07, 6.45) is 4.31. The van der Waals surface area contributed by atoms with Crippen molar-refractivity contribution >= 4 is 0 Å². The second kappa shape index (κ2) is 3.28. The van der Waals surface area contributed by atoms with Crippen molar-refractivity contribution in [2.24, 2.45) is 5.73 Å². The molecule has 0 spiro atoms. The molecular weight excluding hydrogens is 178 g/mol. The topological polar surface area (TPSA) is 63.9 Å². The number of hydrogen-bond donors (Lipinski definition) is 2. The van der Waals surface area contributed by atoms with Gasteiger partial charge in [-0.2, -0.15) is 0 Å². The van der Waals surface area contributed by atoms with E-state index in [1.807, 2.05) is 6.92 Å². The van der Waals surface area contributed by atoms with Crippen molar-refractivity contribution in [3.8, 4) is 5.88 Å². The van der Waals surface area contributed by atoms with Crippen molar-refractivity contribution in [1.82, 2.24) is 10.2 Å². The summed E-state index contributed by atoms with van der Waals surface area (Å²) in [5, 5.41) is 7.00. The highest BCUT2D eigenvalue weighted by Crippen LogP contribution is 2.37. The zero-order valence-electron chi connectivity index (χ0n) is 8.76. The molecule has 1 aromatic heterocycles. The summed E-state index contributed by atoms with van der Waals surface area (Å²) in [5.74, 6) is 0.715. The van der Waals surface area contributed by atoms with Gasteiger partial charge < -0.3 is 10.5 Å². The lowest BCUT2D eigenvalue weighted by Gasteiger charge is -2.08. The van der Waals surface area contributed by atoms with Crippen molar-refractivity contribution in [2.45, 2.75) is 38.1 Å². The van der Waals surface area contributed by atoms with Crippen LogP contribution in [0.4, 0.5) is 0 Å². The fraction of sp³-hybridized carbons (Fsp3) is 0.700. The number of hydrogen-bond acceptors (Lipinski definition) is 3. The lowest BCUT2D eigenvalue weighted by Crippen LogP contribution is -2.22. The Morgan fingerprint density at radius 3 is 2.86 bits per heavy atom. The average molecular weight is 195 g/mol. The van der Waals surface area contributed by atoms with Crippen LogP contribution in [0.1, 0.15) is 30.5 Å². The third-order valence-electron chi connectivity index (χ3n) is 2.99. The van der Waals surface area contributed by atoms with Crippen molar-refractivity contribution in [3.05, 3.63) is 11.3 Å². The second-order valence-electron chi connectivity index (χ2n) is 4.20. The summed E-state index contributed by atoms with van der Waals surface area (Å²) in [6.45, 7) is 2.01. The molecule has 0 amide bonds. The number of rotatable bonds is 4. The van der Waals surface area contributed by atoms with Gasteiger partial charge in [0.2, 0.25) is 5.88 Å². The van der Waals surface area contributed by atoms with Gasteiger partial charge >= 0.3 is 0 Å². The predicted octanol–water partition coefficient (Wildman–Crippen LogP) is 1.15. The van der Waals surface area contributed by atoms with Crippen LogP contribution in [0, 0.1) is 6.92 Å². The summed E-state index contributed by atoms with van der Waals surface area (Å²) in [7, 11) is 1.65. The van der Waals surface area contributed by atoms with E-state index < -0.39 is 0 Å². The van der Waals surface area contributed by atoms with Gasteiger partial charge in [-0.3, -0.25) is 5.10 Å². The minimum atomic E-state index is 0.106. The summed E-state index contributed by atoms with van der Waals surface area (Å²) in [6, 6.07) is 0. The molecule has 2 rings (SSSR count). The third-order valence-corrected chi connectivity index (χ3v) is 2.99. The zero-order chi connectivity index (χ0) is 10.2. The van der Waals surface area contributed by atoms with Gasteiger partial charge in [0, 0.05) is 16.8 Å². The molecule has 0 bridgehead atoms. The van der Waals surface area contributed by atoms with E-state index in [0.29, 0.717) is 5.88 Å². The second-order valence-corrected chi connectivity index (χ2v) is 4.20. The Labute approximate surface area is 83.8 Å². The van der Waals surface area contributed by atoms with Crippen LogP contribution in [0.15, 0.2) is 0 Å². The summed E-state index contributed by atoms with van der Waals surface area (Å²) in [5.41, 5.74) is 8.40. The van der Waals surface area contributed by atoms with Crippen molar-refractivity contribution in [1.29, 1.82) is 0 Å². The fourth-order valence-corrected chi connectivity index (χ4v) is 1.68. The summed E-state index contributed by atoms with van der Waals surface area (Å²) >= 11 is 0. The monoisotopic (exact) mass is 195 g/mol. The first-order valence-electron chi connectivity index (χ1n) is 5.01. The van der Waals surface area contributed by atoms with E-state index >= 15 is 0 Å². The first-order chi connectivity index (χ1) is 6.64. The quantitative estimate of drug-likeness (QED) is 0.757. The first-order valence-corrected chi connectivity index (χ1v) is 5.01. The number of ether oxygens (including phenoxy) is 1. The highest BCUT2D eigenvalue weighted by molar-refractivity contribution is 5.30. The smallest absolute Gasteiger partial charge is 0.235 e. The van der Waals surface area contributed by atoms with E-state index in [1.165, 1.54) is 5.56 Å². The SMILES string of the molecule is COc1n[nH]c(C)c1CCC1(N)CC1. The molecule has 1 aliphatic carbocycles. The molecule has 78 valence electrons. The first kappa shape index (κ1) is 9.52. The summed E-state index contributed by atoms with van der Waals surface area (Å²) in [4.78, 5) is 0. The zero-order valence-corrected chi connectivity index (χ0v) is 8.76. The van der Waals surface area contributed by atoms with E-state index in [9.17, 15) is 0 Å². The van der Waals surface area contributed by atoms with Crippen LogP contribution in [0.2, 0.25) is 0 Å². The molecule has 1 aromatic rings. The van der Waals surface area contributed by atoms with Gasteiger partial charge in [0.1, 0.15) is 0 Å². The number of nitrogens with zero attached hydrogens (tertiary/aromatic N) is 1. The predicted molar refractivity (Wildman–Crippen MR) is 54.4 cm³/mol. The fourth-order valence-electron chi connectivity index (χ4n) is 1.68. The Hall–Kier alpha value is -1.03. The molecule has 0 aromatic carbocycles. The Balaban J connectivity index is 2.03. The van der Waals surface area contributed by atoms with Crippen LogP contribution in [0.3, 0.4) is 0 Å². The standard InChI is InChI=1S/C10H17N3O/c1-7-8(9(14-2)13-12-7)3-4-10(11)5-6-10/h3-6,11H2,1-2H3,(H,12,13). The maximum atomic E-state index is 6.03. The van der Waals surface area contributed by atoms with Crippen LogP contribution in [0.25, 0.3) is 0 Å². The van der Waals surface area contributed by atoms with Gasteiger partial charge in [-0.25, -0.2) is 0 Å². The highest BCUT2D eigenvalue weighted by Gasteiger charge is 2.37. The van der Waals surface area contributed by atoms with E-state index in [0.717, 1.165) is 31.4 Å². The van der Waals surface area contributed by atoms with Crippen molar-refractivity contribution in [3.63, 3.8) is 0 Å². The van der Waals surface area contributed by atoms with Gasteiger partial charge in [0.05, 0.1) is 7.11 Å². The third kappa shape index (κ3) is 1.75. The number of nitrogens with one attached hydrogen (secondary N) is 1. The average Bonchev–Trinajstić information content (AvgIpc) is 2.78. The van der Waals surface area contributed by atoms with Gasteiger partial charge in [-0.1, -0.05) is 0 Å². The molecule has 0 radical (unpaired) electrons. The van der Waals surface area contributed by atoms with Crippen LogP contribution in [0.5, 0.6) is 5.88 Å². The normalized spacial score (nSPS) is 18.2. The Morgan fingerprint density at radius 1 is 1.57 bits per heavy atom. The number of nitrogens with two attached hydrogens (primary N) is 1. The van der Waals surface area contributed by atoms with Crippen molar-refractivity contribution in [2.75, 3.05) is 7.11 Å². The molecule has 1 heterocycles. The Morgan fingerprint density at radius 2 is 2.29 bits per heavy atom. The number of aromatic nitrogens is 2. The lowest BCUT2D eigenvalue weighted by atomic mass is 10.1. The van der Waals surface area contributed by atoms with Gasteiger partial charge in [0.25, 0.3) is 0 Å². The van der Waals surface area contributed by atoms with Gasteiger partial charge in [-0.05, 0) is 32.6 Å². The molecule has 1 aliphatic rings. The molecule has 3 N–H and O–H groups in total. The molecule has 0 unspecified atom stereocenters. The van der Waals surface area contributed by atoms with Crippen LogP contribution in [-0.4, -0.2) is 22.8 Å². The van der Waals surface area contributed by atoms with Gasteiger partial charge in [-0.15, -0.1) is 5.10 Å². The largest absolute Gasteiger partial charge is 0.480 e. The lowest BCUT2D eigenvalue weighted by molar-refractivity contribution is 0.391. The van der Waals surface area contributed by atoms with Crippen LogP contribution < -0.4 is 10.5 Å². The molecule has 14 heavy (non-hydrogen) atoms. The number of aryl methyl sites for hydroxylation is 1. The van der Waals surface area contributed by atoms with Gasteiger partial charge in [0.15, 0.2) is 0 Å². The minimum absolute atomic E-state index is 0.106. The highest BCUT2D eigenvalue weighted by atomic mass is 16.5. The van der Waals surface area contributed by atoms with Crippen LogP contribution in [-0.2, 0) is 6.42 Å².